The average Bonchev–Trinajstić information content (AvgIpc) is 3.13. The van der Waals surface area contributed by atoms with Crippen LogP contribution in [0.25, 0.3) is 0 Å². The van der Waals surface area contributed by atoms with E-state index in [9.17, 15) is 9.59 Å². The number of carbonyl (C=O) groups is 2. The molecule has 0 radical (unpaired) electrons. The number of carbonyl (C=O) groups excluding carboxylic acids is 2. The van der Waals surface area contributed by atoms with Crippen molar-refractivity contribution in [1.82, 2.24) is 0 Å². The number of rotatable bonds is 5. The minimum Gasteiger partial charge on any atom is -0.364 e. The summed E-state index contributed by atoms with van der Waals surface area (Å²) in [6.07, 6.45) is 0.883. The largest absolute Gasteiger partial charge is 0.364 e. The van der Waals surface area contributed by atoms with Crippen LogP contribution in [0, 0.1) is 6.92 Å². The summed E-state index contributed by atoms with van der Waals surface area (Å²) in [7, 11) is 0. The number of aryl methyl sites for hydroxylation is 1. The zero-order chi connectivity index (χ0) is 18.5. The Morgan fingerprint density at radius 1 is 1.12 bits per heavy atom. The van der Waals surface area contributed by atoms with Gasteiger partial charge in [-0.15, -0.1) is 0 Å². The van der Waals surface area contributed by atoms with E-state index >= 15 is 0 Å². The zero-order valence-electron chi connectivity index (χ0n) is 14.7. The molecule has 6 heteroatoms. The molecule has 1 aliphatic heterocycles. The quantitative estimate of drug-likeness (QED) is 0.770. The smallest absolute Gasteiger partial charge is 0.255 e. The topological polar surface area (TPSA) is 93.5 Å². The number of hydrogen-bond acceptors (Lipinski definition) is 4. The Labute approximate surface area is 152 Å². The normalized spacial score (nSPS) is 19.2. The van der Waals surface area contributed by atoms with Crippen LogP contribution in [0.2, 0.25) is 0 Å². The monoisotopic (exact) mass is 353 g/mol. The van der Waals surface area contributed by atoms with E-state index in [1.807, 2.05) is 43.3 Å². The average molecular weight is 353 g/mol. The van der Waals surface area contributed by atoms with Crippen molar-refractivity contribution in [2.75, 3.05) is 17.2 Å². The number of hydrogen-bond donors (Lipinski definition) is 3. The molecule has 1 fully saturated rings. The first-order valence-electron chi connectivity index (χ1n) is 8.70. The van der Waals surface area contributed by atoms with Crippen LogP contribution < -0.4 is 16.4 Å². The van der Waals surface area contributed by atoms with Gasteiger partial charge in [0.2, 0.25) is 0 Å². The van der Waals surface area contributed by atoms with E-state index in [0.29, 0.717) is 24.2 Å². The number of nitrogens with two attached hydrogens (primary N) is 1. The summed E-state index contributed by atoms with van der Waals surface area (Å²) < 4.78 is 5.62. The van der Waals surface area contributed by atoms with E-state index in [2.05, 4.69) is 10.6 Å². The predicted molar refractivity (Wildman–Crippen MR) is 101 cm³/mol. The fraction of sp³-hybridized carbons (Fsp3) is 0.300. The van der Waals surface area contributed by atoms with Crippen LogP contribution >= 0.6 is 0 Å². The van der Waals surface area contributed by atoms with Crippen molar-refractivity contribution in [1.29, 1.82) is 0 Å². The van der Waals surface area contributed by atoms with Gasteiger partial charge in [-0.2, -0.15) is 0 Å². The summed E-state index contributed by atoms with van der Waals surface area (Å²) in [5.74, 6) is -0.434. The molecule has 2 amide bonds. The van der Waals surface area contributed by atoms with E-state index < -0.39 is 6.10 Å². The van der Waals surface area contributed by atoms with Gasteiger partial charge in [0.05, 0.1) is 6.10 Å². The molecule has 0 aliphatic carbocycles. The molecule has 0 aromatic heterocycles. The summed E-state index contributed by atoms with van der Waals surface area (Å²) in [5, 5.41) is 5.71. The van der Waals surface area contributed by atoms with Crippen molar-refractivity contribution in [3.63, 3.8) is 0 Å². The highest BCUT2D eigenvalue weighted by Crippen LogP contribution is 2.23. The van der Waals surface area contributed by atoms with Gasteiger partial charge in [0.25, 0.3) is 11.8 Å². The number of anilines is 2. The first-order valence-corrected chi connectivity index (χ1v) is 8.70. The fourth-order valence-electron chi connectivity index (χ4n) is 2.91. The van der Waals surface area contributed by atoms with E-state index in [4.69, 9.17) is 10.5 Å². The fourth-order valence-corrected chi connectivity index (χ4v) is 2.91. The number of amides is 2. The summed E-state index contributed by atoms with van der Waals surface area (Å²) >= 11 is 0. The second-order valence-corrected chi connectivity index (χ2v) is 6.40. The Bertz CT molecular complexity index is 792. The lowest BCUT2D eigenvalue weighted by molar-refractivity contribution is -0.126. The third kappa shape index (κ3) is 4.28. The van der Waals surface area contributed by atoms with Gasteiger partial charge in [0, 0.05) is 23.5 Å². The van der Waals surface area contributed by atoms with Crippen molar-refractivity contribution < 1.29 is 14.3 Å². The van der Waals surface area contributed by atoms with Crippen LogP contribution in [0.5, 0.6) is 0 Å². The van der Waals surface area contributed by atoms with Crippen LogP contribution in [0.1, 0.15) is 28.8 Å². The van der Waals surface area contributed by atoms with Crippen molar-refractivity contribution in [2.24, 2.45) is 5.73 Å². The van der Waals surface area contributed by atoms with E-state index in [-0.39, 0.29) is 17.9 Å². The summed E-state index contributed by atoms with van der Waals surface area (Å²) in [5.41, 5.74) is 8.27. The van der Waals surface area contributed by atoms with Gasteiger partial charge in [-0.25, -0.2) is 0 Å². The van der Waals surface area contributed by atoms with Crippen LogP contribution in [0.4, 0.5) is 11.4 Å². The minimum atomic E-state index is -0.496. The van der Waals surface area contributed by atoms with Gasteiger partial charge < -0.3 is 21.1 Å². The van der Waals surface area contributed by atoms with Gasteiger partial charge in [0.15, 0.2) is 0 Å². The standard InChI is InChI=1S/C20H23N3O3/c1-13-7-8-14(19(24)22-15-5-3-2-4-6-15)11-17(13)23-20(25)18-10-9-16(12-21)26-18/h2-8,11,16,18H,9-10,12,21H2,1H3,(H,22,24)(H,23,25)/t16-,18+/m1/s1. The third-order valence-electron chi connectivity index (χ3n) is 4.45. The lowest BCUT2D eigenvalue weighted by Gasteiger charge is -2.15. The van der Waals surface area contributed by atoms with E-state index in [0.717, 1.165) is 17.7 Å². The maximum atomic E-state index is 12.4. The minimum absolute atomic E-state index is 0.0603. The molecule has 3 rings (SSSR count). The molecule has 0 spiro atoms. The molecule has 0 saturated carbocycles. The predicted octanol–water partition coefficient (Wildman–Crippen LogP) is 2.69. The summed E-state index contributed by atoms with van der Waals surface area (Å²) in [6, 6.07) is 14.5. The number of benzene rings is 2. The molecule has 136 valence electrons. The molecule has 2 aromatic carbocycles. The van der Waals surface area contributed by atoms with Gasteiger partial charge in [-0.1, -0.05) is 24.3 Å². The molecule has 0 bridgehead atoms. The van der Waals surface area contributed by atoms with Gasteiger partial charge >= 0.3 is 0 Å². The molecule has 26 heavy (non-hydrogen) atoms. The highest BCUT2D eigenvalue weighted by molar-refractivity contribution is 6.05. The van der Waals surface area contributed by atoms with Crippen LogP contribution in [-0.4, -0.2) is 30.6 Å². The maximum Gasteiger partial charge on any atom is 0.255 e. The zero-order valence-corrected chi connectivity index (χ0v) is 14.7. The Balaban J connectivity index is 1.69. The Morgan fingerprint density at radius 2 is 1.88 bits per heavy atom. The first-order chi connectivity index (χ1) is 12.6. The van der Waals surface area contributed by atoms with Crippen molar-refractivity contribution in [2.45, 2.75) is 32.0 Å². The Kier molecular flexibility index (Phi) is 5.65. The third-order valence-corrected chi connectivity index (χ3v) is 4.45. The summed E-state index contributed by atoms with van der Waals surface area (Å²) in [4.78, 5) is 24.9. The molecule has 1 heterocycles. The van der Waals surface area contributed by atoms with Gasteiger partial charge in [0.1, 0.15) is 6.10 Å². The molecule has 2 aromatic rings. The maximum absolute atomic E-state index is 12.4. The van der Waals surface area contributed by atoms with Crippen LogP contribution in [-0.2, 0) is 9.53 Å². The lowest BCUT2D eigenvalue weighted by atomic mass is 10.1. The second kappa shape index (κ2) is 8.12. The van der Waals surface area contributed by atoms with Crippen LogP contribution in [0.15, 0.2) is 48.5 Å². The summed E-state index contributed by atoms with van der Waals surface area (Å²) in [6.45, 7) is 2.30. The van der Waals surface area contributed by atoms with E-state index in [1.54, 1.807) is 12.1 Å². The lowest BCUT2D eigenvalue weighted by Crippen LogP contribution is -2.30. The molecule has 4 N–H and O–H groups in total. The Hall–Kier alpha value is -2.70. The molecule has 1 aliphatic rings. The number of ether oxygens (including phenoxy) is 1. The second-order valence-electron chi connectivity index (χ2n) is 6.40. The molecular weight excluding hydrogens is 330 g/mol. The van der Waals surface area contributed by atoms with Crippen molar-refractivity contribution in [3.05, 3.63) is 59.7 Å². The molecular formula is C20H23N3O3. The van der Waals surface area contributed by atoms with Crippen molar-refractivity contribution >= 4 is 23.2 Å². The highest BCUT2D eigenvalue weighted by atomic mass is 16.5. The number of para-hydroxylation sites is 1. The van der Waals surface area contributed by atoms with Crippen molar-refractivity contribution in [3.8, 4) is 0 Å². The first kappa shape index (κ1) is 18.1. The van der Waals surface area contributed by atoms with Crippen LogP contribution in [0.3, 0.4) is 0 Å². The molecule has 6 nitrogen and oxygen atoms in total. The van der Waals surface area contributed by atoms with Gasteiger partial charge in [-0.3, -0.25) is 9.59 Å². The molecule has 0 unspecified atom stereocenters. The SMILES string of the molecule is Cc1ccc(C(=O)Nc2ccccc2)cc1NC(=O)[C@@H]1CC[C@H](CN)O1. The van der Waals surface area contributed by atoms with E-state index in [1.165, 1.54) is 0 Å². The Morgan fingerprint density at radius 3 is 2.58 bits per heavy atom. The highest BCUT2D eigenvalue weighted by Gasteiger charge is 2.30. The number of nitrogens with one attached hydrogen (secondary N) is 2. The molecule has 2 atom stereocenters. The van der Waals surface area contributed by atoms with Gasteiger partial charge in [-0.05, 0) is 49.6 Å². The molecule has 1 saturated heterocycles.